The van der Waals surface area contributed by atoms with Crippen molar-refractivity contribution in [2.75, 3.05) is 0 Å². The Kier molecular flexibility index (Phi) is 4.49. The molecule has 0 aliphatic heterocycles. The second kappa shape index (κ2) is 4.90. The van der Waals surface area contributed by atoms with Crippen molar-refractivity contribution in [2.24, 2.45) is 0 Å². The van der Waals surface area contributed by atoms with Crippen LogP contribution in [0.2, 0.25) is 0 Å². The summed E-state index contributed by atoms with van der Waals surface area (Å²) in [7, 11) is 0. The van der Waals surface area contributed by atoms with Gasteiger partial charge in [-0.2, -0.15) is 0 Å². The minimum Gasteiger partial charge on any atom is -0.424 e. The van der Waals surface area contributed by atoms with Crippen molar-refractivity contribution >= 4 is 68.6 Å². The molecule has 0 amide bonds. The van der Waals surface area contributed by atoms with Crippen LogP contribution in [0.3, 0.4) is 0 Å². The second-order valence-electron chi connectivity index (χ2n) is 1.75. The van der Waals surface area contributed by atoms with Crippen LogP contribution in [0, 0.1) is 3.57 Å². The molecule has 1 rings (SSSR count). The molecule has 2 nitrogen and oxygen atoms in total. The lowest BCUT2D eigenvalue weighted by atomic mass is 10.3. The molecule has 0 saturated carbocycles. The second-order valence-corrected chi connectivity index (χ2v) is 3.87. The number of hydrogen-bond donors (Lipinski definition) is 0. The van der Waals surface area contributed by atoms with E-state index in [9.17, 15) is 0 Å². The quantitative estimate of drug-likeness (QED) is 0.592. The standard InChI is InChI=1S/C6H3I3O2/c7-4-1-2-5(10-8)6(3-4)11-9/h1-3H. The van der Waals surface area contributed by atoms with E-state index >= 15 is 0 Å². The van der Waals surface area contributed by atoms with Crippen LogP contribution in [0.25, 0.3) is 0 Å². The van der Waals surface area contributed by atoms with Gasteiger partial charge in [0, 0.05) is 3.57 Å². The molecule has 0 spiro atoms. The SMILES string of the molecule is IOc1ccc(I)cc1OI. The molecule has 0 bridgehead atoms. The van der Waals surface area contributed by atoms with Crippen LogP contribution in [-0.4, -0.2) is 0 Å². The van der Waals surface area contributed by atoms with Gasteiger partial charge in [-0.1, -0.05) is 0 Å². The Labute approximate surface area is 107 Å². The predicted octanol–water partition coefficient (Wildman–Crippen LogP) is 3.75. The third-order valence-electron chi connectivity index (χ3n) is 1.07. The van der Waals surface area contributed by atoms with Crippen LogP contribution >= 0.6 is 68.6 Å². The molecule has 1 aromatic rings. The fourth-order valence-corrected chi connectivity index (χ4v) is 1.78. The summed E-state index contributed by atoms with van der Waals surface area (Å²) >= 11 is 5.88. The summed E-state index contributed by atoms with van der Waals surface area (Å²) in [5.41, 5.74) is 0. The molecule has 0 heterocycles. The normalized spacial score (nSPS) is 9.36. The van der Waals surface area contributed by atoms with Crippen molar-refractivity contribution in [1.82, 2.24) is 0 Å². The minimum atomic E-state index is 0.750. The Balaban J connectivity index is 3.06. The van der Waals surface area contributed by atoms with E-state index in [4.69, 9.17) is 6.13 Å². The predicted molar refractivity (Wildman–Crippen MR) is 68.5 cm³/mol. The van der Waals surface area contributed by atoms with E-state index in [0.717, 1.165) is 15.1 Å². The van der Waals surface area contributed by atoms with Crippen LogP contribution in [0.15, 0.2) is 18.2 Å². The van der Waals surface area contributed by atoms with E-state index in [1.54, 1.807) is 0 Å². The molecule has 0 aliphatic carbocycles. The number of benzene rings is 1. The third kappa shape index (κ3) is 2.76. The topological polar surface area (TPSA) is 18.5 Å². The summed E-state index contributed by atoms with van der Waals surface area (Å²) in [5.74, 6) is 1.51. The molecule has 0 fully saturated rings. The highest BCUT2D eigenvalue weighted by atomic mass is 127. The summed E-state index contributed by atoms with van der Waals surface area (Å²) in [6, 6.07) is 5.76. The van der Waals surface area contributed by atoms with E-state index in [2.05, 4.69) is 22.6 Å². The molecule has 60 valence electrons. The van der Waals surface area contributed by atoms with Gasteiger partial charge in [-0.3, -0.25) is 0 Å². The molecule has 0 saturated heterocycles. The van der Waals surface area contributed by atoms with Crippen molar-refractivity contribution in [1.29, 1.82) is 0 Å². The molecule has 1 aromatic carbocycles. The van der Waals surface area contributed by atoms with Crippen LogP contribution in [-0.2, 0) is 0 Å². The van der Waals surface area contributed by atoms with Gasteiger partial charge in [0.2, 0.25) is 0 Å². The van der Waals surface area contributed by atoms with E-state index in [0.29, 0.717) is 0 Å². The van der Waals surface area contributed by atoms with Gasteiger partial charge in [-0.15, -0.1) is 0 Å². The first kappa shape index (κ1) is 10.1. The summed E-state index contributed by atoms with van der Waals surface area (Å²) in [6.45, 7) is 0. The van der Waals surface area contributed by atoms with E-state index < -0.39 is 0 Å². The van der Waals surface area contributed by atoms with Crippen molar-refractivity contribution in [3.8, 4) is 11.5 Å². The van der Waals surface area contributed by atoms with Gasteiger partial charge in [-0.25, -0.2) is 0 Å². The Hall–Kier alpha value is 1.01. The smallest absolute Gasteiger partial charge is 0.192 e. The monoisotopic (exact) mass is 488 g/mol. The van der Waals surface area contributed by atoms with E-state index in [-0.39, 0.29) is 0 Å². The maximum atomic E-state index is 5.05. The molecule has 0 radical (unpaired) electrons. The molecular weight excluding hydrogens is 485 g/mol. The van der Waals surface area contributed by atoms with Gasteiger partial charge >= 0.3 is 0 Å². The van der Waals surface area contributed by atoms with Crippen molar-refractivity contribution in [2.45, 2.75) is 0 Å². The van der Waals surface area contributed by atoms with E-state index in [1.807, 2.05) is 64.2 Å². The molecule has 11 heavy (non-hydrogen) atoms. The fraction of sp³-hybridized carbons (Fsp3) is 0. The molecule has 5 heteroatoms. The Morgan fingerprint density at radius 1 is 1.00 bits per heavy atom. The Morgan fingerprint density at radius 2 is 1.64 bits per heavy atom. The highest BCUT2D eigenvalue weighted by Crippen LogP contribution is 2.31. The van der Waals surface area contributed by atoms with Crippen molar-refractivity contribution in [3.05, 3.63) is 21.8 Å². The highest BCUT2D eigenvalue weighted by Gasteiger charge is 2.03. The maximum Gasteiger partial charge on any atom is 0.192 e. The molecule has 0 aliphatic rings. The highest BCUT2D eigenvalue weighted by molar-refractivity contribution is 14.1. The summed E-state index contributed by atoms with van der Waals surface area (Å²) < 4.78 is 11.2. The number of halogens is 3. The van der Waals surface area contributed by atoms with Gasteiger partial charge in [0.1, 0.15) is 0 Å². The zero-order chi connectivity index (χ0) is 8.27. The molecule has 0 N–H and O–H groups in total. The van der Waals surface area contributed by atoms with Gasteiger partial charge in [-0.05, 0) is 40.8 Å². The molecule has 0 unspecified atom stereocenters. The van der Waals surface area contributed by atoms with Gasteiger partial charge in [0.05, 0.1) is 0 Å². The first-order valence-electron chi connectivity index (χ1n) is 2.64. The van der Waals surface area contributed by atoms with Crippen LogP contribution in [0.1, 0.15) is 0 Å². The fourth-order valence-electron chi connectivity index (χ4n) is 0.606. The number of hydrogen-bond acceptors (Lipinski definition) is 2. The Bertz CT molecular complexity index is 252. The molecule has 0 atom stereocenters. The third-order valence-corrected chi connectivity index (χ3v) is 2.69. The number of rotatable bonds is 2. The first-order valence-corrected chi connectivity index (χ1v) is 5.48. The van der Waals surface area contributed by atoms with Crippen LogP contribution < -0.4 is 6.13 Å². The molecular formula is C6H3I3O2. The van der Waals surface area contributed by atoms with Crippen molar-refractivity contribution < 1.29 is 6.13 Å². The van der Waals surface area contributed by atoms with Crippen molar-refractivity contribution in [3.63, 3.8) is 0 Å². The lowest BCUT2D eigenvalue weighted by Crippen LogP contribution is -1.81. The van der Waals surface area contributed by atoms with Gasteiger partial charge in [0.15, 0.2) is 57.5 Å². The Morgan fingerprint density at radius 3 is 2.18 bits per heavy atom. The first-order chi connectivity index (χ1) is 5.27. The largest absolute Gasteiger partial charge is 0.424 e. The average Bonchev–Trinajstić information content (AvgIpc) is 2.04. The summed E-state index contributed by atoms with van der Waals surface area (Å²) in [4.78, 5) is 0. The minimum absolute atomic E-state index is 0.750. The van der Waals surface area contributed by atoms with Crippen LogP contribution in [0.4, 0.5) is 0 Å². The average molecular weight is 488 g/mol. The zero-order valence-electron chi connectivity index (χ0n) is 5.18. The maximum absolute atomic E-state index is 5.05. The lowest BCUT2D eigenvalue weighted by Gasteiger charge is -2.02. The summed E-state index contributed by atoms with van der Waals surface area (Å²) in [6.07, 6.45) is 0. The zero-order valence-corrected chi connectivity index (χ0v) is 11.7. The lowest BCUT2D eigenvalue weighted by molar-refractivity contribution is 0.635. The van der Waals surface area contributed by atoms with Gasteiger partial charge < -0.3 is 6.13 Å². The summed E-state index contributed by atoms with van der Waals surface area (Å²) in [5, 5.41) is 0. The van der Waals surface area contributed by atoms with Gasteiger partial charge in [0.25, 0.3) is 0 Å². The van der Waals surface area contributed by atoms with E-state index in [1.165, 1.54) is 0 Å². The van der Waals surface area contributed by atoms with Crippen LogP contribution in [0.5, 0.6) is 11.5 Å². The molecule has 0 aromatic heterocycles.